The molecule has 1 aromatic carbocycles. The van der Waals surface area contributed by atoms with Gasteiger partial charge in [0.1, 0.15) is 5.82 Å². The highest BCUT2D eigenvalue weighted by Crippen LogP contribution is 2.39. The van der Waals surface area contributed by atoms with E-state index in [-0.39, 0.29) is 5.41 Å². The average Bonchev–Trinajstić information content (AvgIpc) is 2.82. The Morgan fingerprint density at radius 3 is 2.17 bits per heavy atom. The molecule has 2 fully saturated rings. The number of fused-ring (bicyclic) bond motifs is 1. The van der Waals surface area contributed by atoms with Crippen LogP contribution in [0.2, 0.25) is 0 Å². The van der Waals surface area contributed by atoms with E-state index in [0.29, 0.717) is 44.3 Å². The fourth-order valence-electron chi connectivity index (χ4n) is 5.92. The first-order chi connectivity index (χ1) is 17.0. The molecular weight excluding hydrogens is 474 g/mol. The molecule has 2 aliphatic heterocycles. The second-order valence-corrected chi connectivity index (χ2v) is 13.2. The van der Waals surface area contributed by atoms with Crippen molar-refractivity contribution in [2.24, 2.45) is 5.41 Å². The number of piperazine rings is 1. The molecular formula is C27H39N5O3S. The molecule has 36 heavy (non-hydrogen) atoms. The first kappa shape index (κ1) is 25.4. The number of rotatable bonds is 4. The quantitative estimate of drug-likeness (QED) is 0.621. The smallest absolute Gasteiger partial charge is 0.243 e. The predicted octanol–water partition coefficient (Wildman–Crippen LogP) is 3.26. The van der Waals surface area contributed by atoms with E-state index in [1.54, 1.807) is 4.31 Å². The molecule has 2 aromatic rings. The van der Waals surface area contributed by atoms with E-state index >= 15 is 0 Å². The van der Waals surface area contributed by atoms with Gasteiger partial charge < -0.3 is 14.5 Å². The summed E-state index contributed by atoms with van der Waals surface area (Å²) in [5.74, 6) is 1.78. The van der Waals surface area contributed by atoms with Gasteiger partial charge in [0.25, 0.3) is 0 Å². The molecule has 0 bridgehead atoms. The van der Waals surface area contributed by atoms with Crippen LogP contribution in [0.4, 0.5) is 11.8 Å². The third kappa shape index (κ3) is 4.85. The third-order valence-electron chi connectivity index (χ3n) is 7.79. The van der Waals surface area contributed by atoms with Crippen molar-refractivity contribution in [2.75, 3.05) is 62.3 Å². The van der Waals surface area contributed by atoms with Crippen molar-refractivity contribution in [3.63, 3.8) is 0 Å². The fourth-order valence-corrected chi connectivity index (χ4v) is 7.76. The van der Waals surface area contributed by atoms with E-state index in [1.807, 2.05) is 32.9 Å². The summed E-state index contributed by atoms with van der Waals surface area (Å²) in [7, 11) is -3.55. The summed E-state index contributed by atoms with van der Waals surface area (Å²) in [5.41, 5.74) is 5.33. The van der Waals surface area contributed by atoms with Crippen LogP contribution in [-0.2, 0) is 27.6 Å². The molecule has 2 saturated heterocycles. The van der Waals surface area contributed by atoms with Gasteiger partial charge in [0.05, 0.1) is 23.8 Å². The van der Waals surface area contributed by atoms with Gasteiger partial charge in [-0.1, -0.05) is 31.5 Å². The van der Waals surface area contributed by atoms with E-state index in [9.17, 15) is 8.42 Å². The highest BCUT2D eigenvalue weighted by molar-refractivity contribution is 7.89. The lowest BCUT2D eigenvalue weighted by Crippen LogP contribution is -2.49. The van der Waals surface area contributed by atoms with Crippen molar-refractivity contribution in [1.82, 2.24) is 14.3 Å². The van der Waals surface area contributed by atoms with Gasteiger partial charge in [0.15, 0.2) is 0 Å². The maximum Gasteiger partial charge on any atom is 0.243 e. The molecule has 0 atom stereocenters. The van der Waals surface area contributed by atoms with Gasteiger partial charge in [-0.15, -0.1) is 0 Å². The molecule has 9 heteroatoms. The molecule has 0 unspecified atom stereocenters. The molecule has 0 spiro atoms. The summed E-state index contributed by atoms with van der Waals surface area (Å²) in [5, 5.41) is 0. The Morgan fingerprint density at radius 1 is 0.889 bits per heavy atom. The zero-order chi connectivity index (χ0) is 25.7. The number of aromatic nitrogens is 2. The SMILES string of the molecule is Cc1cc(C)c(S(=O)(=O)N2CCN(c3nc(N4CCOCC4)nc4c3CCC(C)(C)C4)CC2)c(C)c1. The first-order valence-corrected chi connectivity index (χ1v) is 14.5. The van der Waals surface area contributed by atoms with Gasteiger partial charge >= 0.3 is 0 Å². The van der Waals surface area contributed by atoms with Gasteiger partial charge in [-0.05, 0) is 56.6 Å². The number of morpholine rings is 1. The second-order valence-electron chi connectivity index (χ2n) is 11.3. The molecule has 1 aliphatic carbocycles. The normalized spacial score (nSPS) is 20.9. The van der Waals surface area contributed by atoms with Crippen molar-refractivity contribution in [3.05, 3.63) is 40.1 Å². The van der Waals surface area contributed by atoms with Crippen LogP contribution in [0, 0.1) is 26.2 Å². The lowest BCUT2D eigenvalue weighted by atomic mass is 9.76. The molecule has 0 amide bonds. The lowest BCUT2D eigenvalue weighted by Gasteiger charge is -2.39. The number of hydrogen-bond acceptors (Lipinski definition) is 7. The van der Waals surface area contributed by atoms with Crippen LogP contribution in [0.1, 0.15) is 48.2 Å². The molecule has 0 saturated carbocycles. The molecule has 8 nitrogen and oxygen atoms in total. The first-order valence-electron chi connectivity index (χ1n) is 13.1. The molecule has 0 radical (unpaired) electrons. The van der Waals surface area contributed by atoms with Crippen LogP contribution in [0.15, 0.2) is 17.0 Å². The molecule has 5 rings (SSSR count). The van der Waals surface area contributed by atoms with E-state index in [0.717, 1.165) is 66.5 Å². The van der Waals surface area contributed by atoms with E-state index in [4.69, 9.17) is 14.7 Å². The van der Waals surface area contributed by atoms with E-state index < -0.39 is 10.0 Å². The Bertz CT molecular complexity index is 1220. The van der Waals surface area contributed by atoms with Gasteiger partial charge in [-0.2, -0.15) is 9.29 Å². The maximum atomic E-state index is 13.6. The Morgan fingerprint density at radius 2 is 1.53 bits per heavy atom. The summed E-state index contributed by atoms with van der Waals surface area (Å²) in [4.78, 5) is 15.1. The summed E-state index contributed by atoms with van der Waals surface area (Å²) >= 11 is 0. The molecule has 3 heterocycles. The second kappa shape index (κ2) is 9.58. The molecule has 1 aromatic heterocycles. The Hall–Kier alpha value is -2.23. The maximum absolute atomic E-state index is 13.6. The molecule has 196 valence electrons. The van der Waals surface area contributed by atoms with Crippen LogP contribution in [-0.4, -0.2) is 75.2 Å². The Labute approximate surface area is 215 Å². The Kier molecular flexibility index (Phi) is 6.76. The average molecular weight is 514 g/mol. The number of ether oxygens (including phenoxy) is 1. The van der Waals surface area contributed by atoms with Crippen molar-refractivity contribution in [1.29, 1.82) is 0 Å². The summed E-state index contributed by atoms with van der Waals surface area (Å²) in [6, 6.07) is 3.91. The van der Waals surface area contributed by atoms with Crippen LogP contribution in [0.25, 0.3) is 0 Å². The van der Waals surface area contributed by atoms with Crippen molar-refractivity contribution in [3.8, 4) is 0 Å². The van der Waals surface area contributed by atoms with Gasteiger partial charge in [0.2, 0.25) is 16.0 Å². The molecule has 0 N–H and O–H groups in total. The minimum absolute atomic E-state index is 0.220. The fraction of sp³-hybridized carbons (Fsp3) is 0.630. The minimum atomic E-state index is -3.55. The third-order valence-corrected chi connectivity index (χ3v) is 10.00. The Balaban J connectivity index is 1.42. The zero-order valence-corrected chi connectivity index (χ0v) is 23.1. The summed E-state index contributed by atoms with van der Waals surface area (Å²) < 4.78 is 34.4. The van der Waals surface area contributed by atoms with Gasteiger partial charge in [-0.3, -0.25) is 0 Å². The van der Waals surface area contributed by atoms with Crippen molar-refractivity contribution in [2.45, 2.75) is 58.8 Å². The number of hydrogen-bond donors (Lipinski definition) is 0. The van der Waals surface area contributed by atoms with Crippen LogP contribution in [0.3, 0.4) is 0 Å². The number of nitrogens with zero attached hydrogens (tertiary/aromatic N) is 5. The highest BCUT2D eigenvalue weighted by Gasteiger charge is 2.35. The lowest BCUT2D eigenvalue weighted by molar-refractivity contribution is 0.122. The largest absolute Gasteiger partial charge is 0.378 e. The highest BCUT2D eigenvalue weighted by atomic mass is 32.2. The van der Waals surface area contributed by atoms with Crippen LogP contribution < -0.4 is 9.80 Å². The van der Waals surface area contributed by atoms with Crippen molar-refractivity contribution < 1.29 is 13.2 Å². The minimum Gasteiger partial charge on any atom is -0.378 e. The number of sulfonamides is 1. The van der Waals surface area contributed by atoms with Gasteiger partial charge in [0, 0.05) is 44.8 Å². The monoisotopic (exact) mass is 513 g/mol. The van der Waals surface area contributed by atoms with Crippen LogP contribution >= 0.6 is 0 Å². The van der Waals surface area contributed by atoms with Crippen LogP contribution in [0.5, 0.6) is 0 Å². The number of benzene rings is 1. The predicted molar refractivity (Wildman–Crippen MR) is 142 cm³/mol. The number of aryl methyl sites for hydroxylation is 3. The summed E-state index contributed by atoms with van der Waals surface area (Å²) in [6.07, 6.45) is 3.00. The topological polar surface area (TPSA) is 78.9 Å². The standard InChI is InChI=1S/C27H39N5O3S/c1-19-16-20(2)24(21(3)17-19)36(33,34)32-10-8-30(9-11-32)25-22-6-7-27(4,5)18-23(22)28-26(29-25)31-12-14-35-15-13-31/h16-17H,6-15,18H2,1-5H3. The summed E-state index contributed by atoms with van der Waals surface area (Å²) in [6.45, 7) is 15.5. The molecule has 3 aliphatic rings. The van der Waals surface area contributed by atoms with Gasteiger partial charge in [-0.25, -0.2) is 13.4 Å². The van der Waals surface area contributed by atoms with E-state index in [2.05, 4.69) is 23.6 Å². The zero-order valence-electron chi connectivity index (χ0n) is 22.3. The van der Waals surface area contributed by atoms with Crippen molar-refractivity contribution >= 4 is 21.8 Å². The number of anilines is 2. The van der Waals surface area contributed by atoms with E-state index in [1.165, 1.54) is 5.56 Å².